The average Bonchev–Trinajstić information content (AvgIpc) is 2.94. The van der Waals surface area contributed by atoms with Crippen LogP contribution in [0.1, 0.15) is 6.42 Å². The summed E-state index contributed by atoms with van der Waals surface area (Å²) in [5.41, 5.74) is 5.18. The third-order valence-electron chi connectivity index (χ3n) is 3.63. The molecule has 3 rings (SSSR count). The second kappa shape index (κ2) is 5.54. The van der Waals surface area contributed by atoms with Crippen LogP contribution in [-0.4, -0.2) is 43.5 Å². The summed E-state index contributed by atoms with van der Waals surface area (Å²) < 4.78 is 30.3. The minimum atomic E-state index is -3.93. The average molecular weight is 321 g/mol. The summed E-state index contributed by atoms with van der Waals surface area (Å²) in [4.78, 5) is 16.5. The van der Waals surface area contributed by atoms with E-state index in [0.29, 0.717) is 18.4 Å². The van der Waals surface area contributed by atoms with Crippen molar-refractivity contribution >= 4 is 26.9 Å². The molecule has 0 saturated carbocycles. The zero-order chi connectivity index (χ0) is 15.7. The molecule has 1 aromatic carbocycles. The number of rotatable bonds is 3. The van der Waals surface area contributed by atoms with Gasteiger partial charge >= 0.3 is 6.03 Å². The van der Waals surface area contributed by atoms with Gasteiger partial charge in [-0.25, -0.2) is 4.79 Å². The van der Waals surface area contributed by atoms with Gasteiger partial charge in [-0.05, 0) is 18.6 Å². The Morgan fingerprint density at radius 2 is 2.18 bits per heavy atom. The van der Waals surface area contributed by atoms with Crippen molar-refractivity contribution in [3.05, 3.63) is 36.7 Å². The number of carbonyl (C=O) groups is 1. The molecule has 2 aromatic rings. The van der Waals surface area contributed by atoms with Crippen molar-refractivity contribution in [1.29, 1.82) is 0 Å². The number of amides is 2. The lowest BCUT2D eigenvalue weighted by Crippen LogP contribution is -2.34. The number of hydrogen-bond donors (Lipinski definition) is 1. The number of likely N-dealkylation sites (tertiary alicyclic amines) is 1. The molecule has 1 aliphatic heterocycles. The van der Waals surface area contributed by atoms with Crippen molar-refractivity contribution in [2.75, 3.05) is 13.1 Å². The summed E-state index contributed by atoms with van der Waals surface area (Å²) in [6.07, 6.45) is 2.99. The smallest absolute Gasteiger partial charge is 0.314 e. The number of fused-ring (bicyclic) bond motifs is 1. The Hall–Kier alpha value is -2.19. The summed E-state index contributed by atoms with van der Waals surface area (Å²) in [7, 11) is -3.93. The first-order chi connectivity index (χ1) is 10.5. The number of nitrogens with two attached hydrogens (primary N) is 1. The fourth-order valence-electron chi connectivity index (χ4n) is 2.55. The molecule has 1 atom stereocenters. The number of benzene rings is 1. The van der Waals surface area contributed by atoms with E-state index in [4.69, 9.17) is 9.92 Å². The Labute approximate surface area is 127 Å². The second-order valence-corrected chi connectivity index (χ2v) is 6.64. The van der Waals surface area contributed by atoms with Gasteiger partial charge in [0.1, 0.15) is 4.90 Å². The number of pyridine rings is 1. The van der Waals surface area contributed by atoms with Gasteiger partial charge in [-0.1, -0.05) is 12.1 Å². The van der Waals surface area contributed by atoms with Crippen molar-refractivity contribution in [3.63, 3.8) is 0 Å². The van der Waals surface area contributed by atoms with E-state index >= 15 is 0 Å². The topological polar surface area (TPSA) is 103 Å². The van der Waals surface area contributed by atoms with Gasteiger partial charge in [0.15, 0.2) is 0 Å². The maximum atomic E-state index is 12.5. The number of hydrogen-bond acceptors (Lipinski definition) is 5. The first-order valence-electron chi connectivity index (χ1n) is 6.78. The van der Waals surface area contributed by atoms with Gasteiger partial charge in [0.2, 0.25) is 0 Å². The highest BCUT2D eigenvalue weighted by Gasteiger charge is 2.31. The highest BCUT2D eigenvalue weighted by molar-refractivity contribution is 7.87. The molecule has 1 aliphatic rings. The van der Waals surface area contributed by atoms with Crippen molar-refractivity contribution in [3.8, 4) is 0 Å². The fourth-order valence-corrected chi connectivity index (χ4v) is 3.87. The molecule has 22 heavy (non-hydrogen) atoms. The van der Waals surface area contributed by atoms with Gasteiger partial charge in [0, 0.05) is 29.7 Å². The van der Waals surface area contributed by atoms with Gasteiger partial charge < -0.3 is 10.6 Å². The molecule has 2 amide bonds. The highest BCUT2D eigenvalue weighted by Crippen LogP contribution is 2.26. The number of carbonyl (C=O) groups excluding carboxylic acids is 1. The third-order valence-corrected chi connectivity index (χ3v) is 5.05. The van der Waals surface area contributed by atoms with E-state index in [1.807, 2.05) is 0 Å². The van der Waals surface area contributed by atoms with Gasteiger partial charge in [-0.2, -0.15) is 8.42 Å². The molecule has 0 radical (unpaired) electrons. The van der Waals surface area contributed by atoms with E-state index < -0.39 is 22.3 Å². The molecule has 116 valence electrons. The van der Waals surface area contributed by atoms with Crippen LogP contribution in [0.15, 0.2) is 41.6 Å². The predicted molar refractivity (Wildman–Crippen MR) is 79.6 cm³/mol. The minimum Gasteiger partial charge on any atom is -0.351 e. The zero-order valence-corrected chi connectivity index (χ0v) is 12.5. The molecule has 0 bridgehead atoms. The lowest BCUT2D eigenvalue weighted by Gasteiger charge is -2.14. The van der Waals surface area contributed by atoms with Crippen molar-refractivity contribution in [2.45, 2.75) is 17.4 Å². The van der Waals surface area contributed by atoms with E-state index in [1.54, 1.807) is 24.4 Å². The van der Waals surface area contributed by atoms with Crippen LogP contribution in [0, 0.1) is 0 Å². The van der Waals surface area contributed by atoms with Gasteiger partial charge in [-0.15, -0.1) is 0 Å². The Bertz CT molecular complexity index is 816. The normalized spacial score (nSPS) is 18.7. The fraction of sp³-hybridized carbons (Fsp3) is 0.286. The predicted octanol–water partition coefficient (Wildman–Crippen LogP) is 1.09. The highest BCUT2D eigenvalue weighted by atomic mass is 32.2. The van der Waals surface area contributed by atoms with Crippen LogP contribution >= 0.6 is 0 Å². The monoisotopic (exact) mass is 321 g/mol. The third kappa shape index (κ3) is 2.75. The lowest BCUT2D eigenvalue weighted by atomic mass is 10.2. The number of urea groups is 1. The summed E-state index contributed by atoms with van der Waals surface area (Å²) in [5.74, 6) is 0. The summed E-state index contributed by atoms with van der Waals surface area (Å²) in [6.45, 7) is 0.579. The van der Waals surface area contributed by atoms with Crippen LogP contribution in [0.4, 0.5) is 4.79 Å². The summed E-state index contributed by atoms with van der Waals surface area (Å²) >= 11 is 0. The minimum absolute atomic E-state index is 0.102. The molecule has 1 unspecified atom stereocenters. The second-order valence-electron chi connectivity index (χ2n) is 5.10. The van der Waals surface area contributed by atoms with Crippen molar-refractivity contribution in [1.82, 2.24) is 9.88 Å². The van der Waals surface area contributed by atoms with Crippen LogP contribution in [-0.2, 0) is 14.3 Å². The Balaban J connectivity index is 1.88. The number of primary amides is 1. The molecule has 1 saturated heterocycles. The molecular weight excluding hydrogens is 306 g/mol. The molecule has 2 heterocycles. The van der Waals surface area contributed by atoms with Crippen molar-refractivity contribution < 1.29 is 17.4 Å². The van der Waals surface area contributed by atoms with E-state index in [9.17, 15) is 13.2 Å². The van der Waals surface area contributed by atoms with Crippen LogP contribution in [0.2, 0.25) is 0 Å². The largest absolute Gasteiger partial charge is 0.351 e. The van der Waals surface area contributed by atoms with E-state index in [-0.39, 0.29) is 11.4 Å². The van der Waals surface area contributed by atoms with Crippen LogP contribution in [0.3, 0.4) is 0 Å². The Morgan fingerprint density at radius 1 is 1.36 bits per heavy atom. The molecule has 2 N–H and O–H groups in total. The van der Waals surface area contributed by atoms with E-state index in [1.165, 1.54) is 17.2 Å². The van der Waals surface area contributed by atoms with Crippen LogP contribution in [0.25, 0.3) is 10.8 Å². The SMILES string of the molecule is NC(=O)N1CCC(OS(=O)(=O)c2cccc3cnccc23)C1. The molecule has 1 aromatic heterocycles. The number of aromatic nitrogens is 1. The summed E-state index contributed by atoms with van der Waals surface area (Å²) in [6, 6.07) is 5.99. The standard InChI is InChI=1S/C14H15N3O4S/c15-14(18)17-7-5-11(9-17)21-22(19,20)13-3-1-2-10-8-16-6-4-12(10)13/h1-4,6,8,11H,5,7,9H2,(H2,15,18). The Morgan fingerprint density at radius 3 is 2.91 bits per heavy atom. The van der Waals surface area contributed by atoms with Crippen molar-refractivity contribution in [2.24, 2.45) is 5.73 Å². The van der Waals surface area contributed by atoms with Crippen LogP contribution in [0.5, 0.6) is 0 Å². The van der Waals surface area contributed by atoms with Crippen LogP contribution < -0.4 is 5.73 Å². The van der Waals surface area contributed by atoms with E-state index in [0.717, 1.165) is 5.39 Å². The maximum Gasteiger partial charge on any atom is 0.314 e. The molecule has 0 spiro atoms. The molecule has 8 heteroatoms. The Kier molecular flexibility index (Phi) is 3.71. The molecular formula is C14H15N3O4S. The quantitative estimate of drug-likeness (QED) is 0.853. The first-order valence-corrected chi connectivity index (χ1v) is 8.18. The molecule has 1 fully saturated rings. The number of nitrogens with zero attached hydrogens (tertiary/aromatic N) is 2. The van der Waals surface area contributed by atoms with Gasteiger partial charge in [0.05, 0.1) is 12.6 Å². The molecule has 0 aliphatic carbocycles. The lowest BCUT2D eigenvalue weighted by molar-refractivity contribution is 0.196. The first kappa shape index (κ1) is 14.7. The maximum absolute atomic E-state index is 12.5. The zero-order valence-electron chi connectivity index (χ0n) is 11.7. The van der Waals surface area contributed by atoms with Gasteiger partial charge in [0.25, 0.3) is 10.1 Å². The van der Waals surface area contributed by atoms with Gasteiger partial charge in [-0.3, -0.25) is 9.17 Å². The molecule has 7 nitrogen and oxygen atoms in total. The van der Waals surface area contributed by atoms with E-state index in [2.05, 4.69) is 4.98 Å². The summed E-state index contributed by atoms with van der Waals surface area (Å²) in [5, 5.41) is 1.28.